The molecule has 0 radical (unpaired) electrons. The molecule has 2 rings (SSSR count). The number of hydrogen-bond donors (Lipinski definition) is 2. The molecule has 0 aliphatic heterocycles. The van der Waals surface area contributed by atoms with E-state index in [2.05, 4.69) is 61.7 Å². The van der Waals surface area contributed by atoms with E-state index in [1.807, 2.05) is 0 Å². The molecule has 0 spiro atoms. The Kier molecular flexibility index (Phi) is 6.25. The SMILES string of the molecule is CC(C)(C)NC1CCC(NCCCc2ccccc2)CC1. The summed E-state index contributed by atoms with van der Waals surface area (Å²) in [5, 5.41) is 7.49. The number of rotatable bonds is 6. The molecule has 118 valence electrons. The van der Waals surface area contributed by atoms with Crippen LogP contribution in [0.25, 0.3) is 0 Å². The van der Waals surface area contributed by atoms with Gasteiger partial charge in [0, 0.05) is 17.6 Å². The summed E-state index contributed by atoms with van der Waals surface area (Å²) in [5.41, 5.74) is 1.71. The van der Waals surface area contributed by atoms with Gasteiger partial charge < -0.3 is 10.6 Å². The summed E-state index contributed by atoms with van der Waals surface area (Å²) >= 11 is 0. The van der Waals surface area contributed by atoms with Crippen molar-refractivity contribution in [3.8, 4) is 0 Å². The van der Waals surface area contributed by atoms with Gasteiger partial charge in [0.1, 0.15) is 0 Å². The second-order valence-corrected chi connectivity index (χ2v) is 7.49. The summed E-state index contributed by atoms with van der Waals surface area (Å²) in [6.07, 6.45) is 7.69. The summed E-state index contributed by atoms with van der Waals surface area (Å²) in [6.45, 7) is 7.94. The lowest BCUT2D eigenvalue weighted by molar-refractivity contribution is 0.262. The van der Waals surface area contributed by atoms with Crippen molar-refractivity contribution in [2.24, 2.45) is 0 Å². The van der Waals surface area contributed by atoms with Gasteiger partial charge in [-0.25, -0.2) is 0 Å². The molecular formula is C19H32N2. The lowest BCUT2D eigenvalue weighted by atomic mass is 9.89. The van der Waals surface area contributed by atoms with Crippen LogP contribution in [0.5, 0.6) is 0 Å². The minimum atomic E-state index is 0.251. The number of benzene rings is 1. The molecule has 1 aliphatic carbocycles. The highest BCUT2D eigenvalue weighted by molar-refractivity contribution is 5.14. The van der Waals surface area contributed by atoms with Crippen molar-refractivity contribution >= 4 is 0 Å². The largest absolute Gasteiger partial charge is 0.314 e. The second kappa shape index (κ2) is 7.95. The topological polar surface area (TPSA) is 24.1 Å². The molecule has 1 saturated carbocycles. The Morgan fingerprint density at radius 2 is 1.57 bits per heavy atom. The molecule has 0 saturated heterocycles. The van der Waals surface area contributed by atoms with E-state index in [1.54, 1.807) is 0 Å². The van der Waals surface area contributed by atoms with Crippen LogP contribution in [-0.4, -0.2) is 24.2 Å². The summed E-state index contributed by atoms with van der Waals surface area (Å²) in [4.78, 5) is 0. The normalized spacial score (nSPS) is 23.2. The molecule has 2 N–H and O–H groups in total. The molecule has 1 aliphatic rings. The van der Waals surface area contributed by atoms with Crippen molar-refractivity contribution in [3.63, 3.8) is 0 Å². The van der Waals surface area contributed by atoms with Crippen LogP contribution in [0.1, 0.15) is 58.4 Å². The highest BCUT2D eigenvalue weighted by Gasteiger charge is 2.23. The van der Waals surface area contributed by atoms with E-state index < -0.39 is 0 Å². The van der Waals surface area contributed by atoms with Crippen molar-refractivity contribution < 1.29 is 0 Å². The number of nitrogens with one attached hydrogen (secondary N) is 2. The molecule has 1 fully saturated rings. The van der Waals surface area contributed by atoms with Gasteiger partial charge in [0.25, 0.3) is 0 Å². The second-order valence-electron chi connectivity index (χ2n) is 7.49. The highest BCUT2D eigenvalue weighted by Crippen LogP contribution is 2.20. The molecule has 0 unspecified atom stereocenters. The van der Waals surface area contributed by atoms with Crippen LogP contribution in [0, 0.1) is 0 Å². The van der Waals surface area contributed by atoms with E-state index in [0.29, 0.717) is 6.04 Å². The summed E-state index contributed by atoms with van der Waals surface area (Å²) in [7, 11) is 0. The molecule has 2 heteroatoms. The molecule has 2 nitrogen and oxygen atoms in total. The molecule has 0 atom stereocenters. The third kappa shape index (κ3) is 6.62. The third-order valence-corrected chi connectivity index (χ3v) is 4.28. The van der Waals surface area contributed by atoms with Crippen LogP contribution in [0.15, 0.2) is 30.3 Å². The van der Waals surface area contributed by atoms with Gasteiger partial charge in [-0.05, 0) is 71.4 Å². The fraction of sp³-hybridized carbons (Fsp3) is 0.684. The molecule has 0 bridgehead atoms. The van der Waals surface area contributed by atoms with Crippen LogP contribution >= 0.6 is 0 Å². The summed E-state index contributed by atoms with van der Waals surface area (Å²) < 4.78 is 0. The Bertz CT molecular complexity index is 386. The maximum absolute atomic E-state index is 3.75. The van der Waals surface area contributed by atoms with Crippen molar-refractivity contribution in [1.29, 1.82) is 0 Å². The van der Waals surface area contributed by atoms with Gasteiger partial charge in [0.2, 0.25) is 0 Å². The van der Waals surface area contributed by atoms with Crippen LogP contribution in [0.2, 0.25) is 0 Å². The Balaban J connectivity index is 1.57. The lowest BCUT2D eigenvalue weighted by Gasteiger charge is -2.34. The first-order chi connectivity index (χ1) is 10.0. The quantitative estimate of drug-likeness (QED) is 0.776. The van der Waals surface area contributed by atoms with Crippen LogP contribution in [-0.2, 0) is 6.42 Å². The fourth-order valence-electron chi connectivity index (χ4n) is 3.30. The average Bonchev–Trinajstić information content (AvgIpc) is 2.45. The Morgan fingerprint density at radius 1 is 0.952 bits per heavy atom. The fourth-order valence-corrected chi connectivity index (χ4v) is 3.30. The van der Waals surface area contributed by atoms with E-state index in [-0.39, 0.29) is 5.54 Å². The van der Waals surface area contributed by atoms with Crippen LogP contribution < -0.4 is 10.6 Å². The monoisotopic (exact) mass is 288 g/mol. The van der Waals surface area contributed by atoms with E-state index in [1.165, 1.54) is 44.1 Å². The van der Waals surface area contributed by atoms with Crippen molar-refractivity contribution in [2.45, 2.75) is 76.9 Å². The smallest absolute Gasteiger partial charge is 0.00990 e. The molecule has 0 amide bonds. The zero-order valence-electron chi connectivity index (χ0n) is 14.0. The first kappa shape index (κ1) is 16.5. The molecule has 1 aromatic carbocycles. The van der Waals surface area contributed by atoms with Crippen molar-refractivity contribution in [3.05, 3.63) is 35.9 Å². The van der Waals surface area contributed by atoms with Gasteiger partial charge in [0.15, 0.2) is 0 Å². The van der Waals surface area contributed by atoms with E-state index in [4.69, 9.17) is 0 Å². The Labute approximate surface area is 130 Å². The first-order valence-electron chi connectivity index (χ1n) is 8.58. The minimum Gasteiger partial charge on any atom is -0.314 e. The van der Waals surface area contributed by atoms with E-state index >= 15 is 0 Å². The predicted octanol–water partition coefficient (Wildman–Crippen LogP) is 3.91. The zero-order valence-corrected chi connectivity index (χ0v) is 14.0. The molecular weight excluding hydrogens is 256 g/mol. The average molecular weight is 288 g/mol. The highest BCUT2D eigenvalue weighted by atomic mass is 15.0. The minimum absolute atomic E-state index is 0.251. The van der Waals surface area contributed by atoms with E-state index in [0.717, 1.165) is 12.6 Å². The lowest BCUT2D eigenvalue weighted by Crippen LogP contribution is -2.47. The van der Waals surface area contributed by atoms with Crippen molar-refractivity contribution in [2.75, 3.05) is 6.54 Å². The van der Waals surface area contributed by atoms with Gasteiger partial charge in [-0.3, -0.25) is 0 Å². The molecule has 1 aromatic rings. The first-order valence-corrected chi connectivity index (χ1v) is 8.58. The Morgan fingerprint density at radius 3 is 2.19 bits per heavy atom. The summed E-state index contributed by atoms with van der Waals surface area (Å²) in [5.74, 6) is 0. The van der Waals surface area contributed by atoms with Gasteiger partial charge in [-0.1, -0.05) is 30.3 Å². The zero-order chi connectivity index (χ0) is 15.1. The van der Waals surface area contributed by atoms with Gasteiger partial charge in [-0.15, -0.1) is 0 Å². The van der Waals surface area contributed by atoms with Gasteiger partial charge in [-0.2, -0.15) is 0 Å². The Hall–Kier alpha value is -0.860. The van der Waals surface area contributed by atoms with E-state index in [9.17, 15) is 0 Å². The molecule has 0 aromatic heterocycles. The maximum Gasteiger partial charge on any atom is 0.00990 e. The van der Waals surface area contributed by atoms with Crippen LogP contribution in [0.4, 0.5) is 0 Å². The van der Waals surface area contributed by atoms with Crippen LogP contribution in [0.3, 0.4) is 0 Å². The molecule has 0 heterocycles. The van der Waals surface area contributed by atoms with Gasteiger partial charge in [0.05, 0.1) is 0 Å². The number of hydrogen-bond acceptors (Lipinski definition) is 2. The summed E-state index contributed by atoms with van der Waals surface area (Å²) in [6, 6.07) is 12.3. The predicted molar refractivity (Wildman–Crippen MR) is 91.7 cm³/mol. The van der Waals surface area contributed by atoms with Gasteiger partial charge >= 0.3 is 0 Å². The maximum atomic E-state index is 3.75. The number of aryl methyl sites for hydroxylation is 1. The standard InChI is InChI=1S/C19H32N2/c1-19(2,3)21-18-13-11-17(12-14-18)20-15-7-10-16-8-5-4-6-9-16/h4-6,8-9,17-18,20-21H,7,10-15H2,1-3H3. The van der Waals surface area contributed by atoms with Crippen molar-refractivity contribution in [1.82, 2.24) is 10.6 Å². The molecule has 21 heavy (non-hydrogen) atoms. The third-order valence-electron chi connectivity index (χ3n) is 4.28.